The van der Waals surface area contributed by atoms with Crippen LogP contribution in [0.2, 0.25) is 5.02 Å². The predicted octanol–water partition coefficient (Wildman–Crippen LogP) is 2.33. The van der Waals surface area contributed by atoms with Crippen LogP contribution in [0, 0.1) is 0 Å². The number of nitrogens with one attached hydrogen (secondary N) is 3. The molecule has 8 nitrogen and oxygen atoms in total. The molecule has 144 valence electrons. The fourth-order valence-electron chi connectivity index (χ4n) is 2.73. The van der Waals surface area contributed by atoms with Gasteiger partial charge in [0.05, 0.1) is 28.0 Å². The molecule has 0 bridgehead atoms. The second-order valence-corrected chi connectivity index (χ2v) is 6.52. The lowest BCUT2D eigenvalue weighted by Crippen LogP contribution is -2.31. The fraction of sp³-hybridized carbons (Fsp3) is 0.158. The Balaban J connectivity index is 1.71. The molecule has 0 saturated heterocycles. The third-order valence-corrected chi connectivity index (χ3v) is 4.32. The van der Waals surface area contributed by atoms with Crippen LogP contribution in [0.4, 0.5) is 11.4 Å². The van der Waals surface area contributed by atoms with Crippen molar-refractivity contribution in [2.75, 3.05) is 10.6 Å². The van der Waals surface area contributed by atoms with Crippen LogP contribution in [0.3, 0.4) is 0 Å². The number of carbonyl (C=O) groups is 2. The van der Waals surface area contributed by atoms with E-state index in [9.17, 15) is 19.2 Å². The Kier molecular flexibility index (Phi) is 5.60. The smallest absolute Gasteiger partial charge is 0.273 e. The number of anilines is 2. The maximum Gasteiger partial charge on any atom is 0.273 e. The minimum Gasteiger partial charge on any atom is -0.326 e. The van der Waals surface area contributed by atoms with Crippen molar-refractivity contribution in [3.63, 3.8) is 0 Å². The second-order valence-electron chi connectivity index (χ2n) is 6.12. The van der Waals surface area contributed by atoms with E-state index in [0.717, 1.165) is 4.68 Å². The number of aromatic nitrogens is 2. The molecule has 2 aromatic carbocycles. The average molecular weight is 401 g/mol. The van der Waals surface area contributed by atoms with Crippen molar-refractivity contribution in [3.8, 4) is 0 Å². The number of amides is 2. The van der Waals surface area contributed by atoms with Crippen molar-refractivity contribution >= 4 is 45.6 Å². The lowest BCUT2D eigenvalue weighted by Gasteiger charge is -2.10. The molecule has 3 rings (SSSR count). The van der Waals surface area contributed by atoms with Gasteiger partial charge in [-0.15, -0.1) is 0 Å². The van der Waals surface area contributed by atoms with Crippen LogP contribution < -0.4 is 21.8 Å². The van der Waals surface area contributed by atoms with Gasteiger partial charge in [0.2, 0.25) is 11.8 Å². The zero-order valence-electron chi connectivity index (χ0n) is 14.9. The predicted molar refractivity (Wildman–Crippen MR) is 108 cm³/mol. The minimum absolute atomic E-state index is 0.00629. The molecule has 0 saturated carbocycles. The van der Waals surface area contributed by atoms with Crippen molar-refractivity contribution in [2.45, 2.75) is 19.9 Å². The van der Waals surface area contributed by atoms with E-state index in [0.29, 0.717) is 22.1 Å². The van der Waals surface area contributed by atoms with E-state index in [-0.39, 0.29) is 35.4 Å². The van der Waals surface area contributed by atoms with Crippen LogP contribution in [0.5, 0.6) is 0 Å². The van der Waals surface area contributed by atoms with Gasteiger partial charge in [-0.3, -0.25) is 24.3 Å². The Morgan fingerprint density at radius 2 is 1.79 bits per heavy atom. The molecule has 0 unspecified atom stereocenters. The first-order valence-electron chi connectivity index (χ1n) is 8.44. The Labute approximate surface area is 164 Å². The molecule has 0 atom stereocenters. The van der Waals surface area contributed by atoms with Gasteiger partial charge >= 0.3 is 0 Å². The van der Waals surface area contributed by atoms with Crippen LogP contribution >= 0.6 is 11.6 Å². The summed E-state index contributed by atoms with van der Waals surface area (Å²) in [5, 5.41) is 8.57. The van der Waals surface area contributed by atoms with E-state index in [1.807, 2.05) is 0 Å². The van der Waals surface area contributed by atoms with Crippen LogP contribution in [0.15, 0.2) is 52.1 Å². The maximum absolute atomic E-state index is 12.4. The molecule has 9 heteroatoms. The molecule has 0 aliphatic heterocycles. The van der Waals surface area contributed by atoms with Gasteiger partial charge in [0.15, 0.2) is 0 Å². The number of halogens is 1. The van der Waals surface area contributed by atoms with Gasteiger partial charge in [-0.25, -0.2) is 4.68 Å². The quantitative estimate of drug-likeness (QED) is 0.610. The van der Waals surface area contributed by atoms with E-state index in [4.69, 9.17) is 11.6 Å². The highest BCUT2D eigenvalue weighted by Gasteiger charge is 2.10. The number of H-pyrrole nitrogens is 1. The number of aryl methyl sites for hydroxylation is 1. The molecule has 0 aliphatic carbocycles. The number of fused-ring (bicyclic) bond motifs is 1. The Hall–Kier alpha value is -3.39. The first-order chi connectivity index (χ1) is 13.3. The minimum atomic E-state index is -0.396. The molecular weight excluding hydrogens is 384 g/mol. The Morgan fingerprint density at radius 1 is 1.07 bits per heavy atom. The summed E-state index contributed by atoms with van der Waals surface area (Å²) in [6, 6.07) is 11.2. The number of hydrogen-bond donors (Lipinski definition) is 3. The molecule has 1 heterocycles. The van der Waals surface area contributed by atoms with Crippen molar-refractivity contribution < 1.29 is 9.59 Å². The van der Waals surface area contributed by atoms with Crippen molar-refractivity contribution in [3.05, 3.63) is 68.2 Å². The molecule has 3 N–H and O–H groups in total. The topological polar surface area (TPSA) is 113 Å². The summed E-state index contributed by atoms with van der Waals surface area (Å²) in [7, 11) is 0. The summed E-state index contributed by atoms with van der Waals surface area (Å²) < 4.78 is 1.12. The number of benzene rings is 2. The molecular formula is C19H17ClN4O4. The fourth-order valence-corrected chi connectivity index (χ4v) is 2.96. The lowest BCUT2D eigenvalue weighted by atomic mass is 10.2. The number of hydrogen-bond acceptors (Lipinski definition) is 4. The molecule has 28 heavy (non-hydrogen) atoms. The third-order valence-electron chi connectivity index (χ3n) is 4.01. The van der Waals surface area contributed by atoms with Crippen molar-refractivity contribution in [2.24, 2.45) is 0 Å². The molecule has 1 aromatic heterocycles. The van der Waals surface area contributed by atoms with Gasteiger partial charge in [-0.05, 0) is 30.3 Å². The summed E-state index contributed by atoms with van der Waals surface area (Å²) in [5.74, 6) is -0.613. The highest BCUT2D eigenvalue weighted by molar-refractivity contribution is 6.34. The van der Waals surface area contributed by atoms with E-state index in [1.165, 1.54) is 13.0 Å². The zero-order valence-corrected chi connectivity index (χ0v) is 15.7. The van der Waals surface area contributed by atoms with Gasteiger partial charge in [0, 0.05) is 19.0 Å². The maximum atomic E-state index is 12.4. The Morgan fingerprint density at radius 3 is 2.46 bits per heavy atom. The largest absolute Gasteiger partial charge is 0.326 e. The van der Waals surface area contributed by atoms with Crippen LogP contribution in [-0.2, 0) is 16.1 Å². The summed E-state index contributed by atoms with van der Waals surface area (Å²) in [5.41, 5.74) is 0.115. The van der Waals surface area contributed by atoms with Gasteiger partial charge in [0.1, 0.15) is 0 Å². The SMILES string of the molecule is CC(=O)Nc1ccc(NC(=O)CCn2[nH]c(=O)c3ccccc3c2=O)c(Cl)c1. The average Bonchev–Trinajstić information content (AvgIpc) is 2.65. The van der Waals surface area contributed by atoms with Gasteiger partial charge < -0.3 is 10.6 Å². The monoisotopic (exact) mass is 400 g/mol. The normalized spacial score (nSPS) is 10.6. The summed E-state index contributed by atoms with van der Waals surface area (Å²) >= 11 is 6.12. The zero-order chi connectivity index (χ0) is 20.3. The molecule has 2 amide bonds. The van der Waals surface area contributed by atoms with Gasteiger partial charge in [-0.2, -0.15) is 0 Å². The lowest BCUT2D eigenvalue weighted by molar-refractivity contribution is -0.116. The number of nitrogens with zero attached hydrogens (tertiary/aromatic N) is 1. The highest BCUT2D eigenvalue weighted by atomic mass is 35.5. The molecule has 0 radical (unpaired) electrons. The first kappa shape index (κ1) is 19.4. The van der Waals surface area contributed by atoms with Crippen LogP contribution in [0.25, 0.3) is 10.8 Å². The van der Waals surface area contributed by atoms with Crippen LogP contribution in [0.1, 0.15) is 13.3 Å². The first-order valence-corrected chi connectivity index (χ1v) is 8.82. The molecule has 0 fully saturated rings. The van der Waals surface area contributed by atoms with Gasteiger partial charge in [0.25, 0.3) is 11.1 Å². The summed E-state index contributed by atoms with van der Waals surface area (Å²) in [6.45, 7) is 1.38. The van der Waals surface area contributed by atoms with E-state index >= 15 is 0 Å². The summed E-state index contributed by atoms with van der Waals surface area (Å²) in [4.78, 5) is 47.8. The molecule has 0 aliphatic rings. The molecule has 0 spiro atoms. The Bertz CT molecular complexity index is 1180. The standard InChI is InChI=1S/C19H17ClN4O4/c1-11(25)21-12-6-7-16(15(20)10-12)22-17(26)8-9-24-19(28)14-5-3-2-4-13(14)18(27)23-24/h2-7,10H,8-9H2,1H3,(H,21,25)(H,22,26)(H,23,27). The van der Waals surface area contributed by atoms with E-state index in [1.54, 1.807) is 36.4 Å². The van der Waals surface area contributed by atoms with Crippen molar-refractivity contribution in [1.29, 1.82) is 0 Å². The summed E-state index contributed by atoms with van der Waals surface area (Å²) in [6.07, 6.45) is -0.0437. The third kappa shape index (κ3) is 4.29. The number of rotatable bonds is 5. The van der Waals surface area contributed by atoms with E-state index < -0.39 is 5.56 Å². The highest BCUT2D eigenvalue weighted by Crippen LogP contribution is 2.25. The van der Waals surface area contributed by atoms with Crippen molar-refractivity contribution in [1.82, 2.24) is 9.78 Å². The van der Waals surface area contributed by atoms with Crippen LogP contribution in [-0.4, -0.2) is 21.6 Å². The number of carbonyl (C=O) groups excluding carboxylic acids is 2. The van der Waals surface area contributed by atoms with E-state index in [2.05, 4.69) is 15.7 Å². The second kappa shape index (κ2) is 8.10. The molecule has 3 aromatic rings. The number of aromatic amines is 1. The van der Waals surface area contributed by atoms with Gasteiger partial charge in [-0.1, -0.05) is 23.7 Å².